The van der Waals surface area contributed by atoms with Gasteiger partial charge in [0.25, 0.3) is 0 Å². The minimum Gasteiger partial charge on any atom is -0.365 e. The Kier molecular flexibility index (Phi) is 4.66. The molecule has 2 nitrogen and oxygen atoms in total. The largest absolute Gasteiger partial charge is 0.365 e. The highest BCUT2D eigenvalue weighted by Crippen LogP contribution is 2.33. The SMILES string of the molecule is CC(C)(C)c1ccc(Cn2c3c(c4ccccc42)CCN(c2ccccc2)C3)cc1. The van der Waals surface area contributed by atoms with Crippen molar-refractivity contribution in [3.05, 3.63) is 101 Å². The van der Waals surface area contributed by atoms with Crippen LogP contribution in [-0.2, 0) is 24.9 Å². The van der Waals surface area contributed by atoms with Gasteiger partial charge in [0.1, 0.15) is 0 Å². The molecule has 0 N–H and O–H groups in total. The number of para-hydroxylation sites is 2. The molecule has 0 radical (unpaired) electrons. The second-order valence-electron chi connectivity index (χ2n) is 9.48. The van der Waals surface area contributed by atoms with Crippen LogP contribution in [0.1, 0.15) is 43.2 Å². The molecule has 0 bridgehead atoms. The third-order valence-corrected chi connectivity index (χ3v) is 6.45. The number of aromatic nitrogens is 1. The Hall–Kier alpha value is -3.00. The lowest BCUT2D eigenvalue weighted by atomic mass is 9.87. The Morgan fingerprint density at radius 1 is 0.800 bits per heavy atom. The molecule has 4 aromatic rings. The van der Waals surface area contributed by atoms with Crippen LogP contribution in [0.15, 0.2) is 78.9 Å². The normalized spacial score (nSPS) is 14.2. The maximum absolute atomic E-state index is 2.55. The van der Waals surface area contributed by atoms with Gasteiger partial charge in [0, 0.05) is 35.4 Å². The van der Waals surface area contributed by atoms with Crippen LogP contribution in [0.25, 0.3) is 10.9 Å². The van der Waals surface area contributed by atoms with Crippen molar-refractivity contribution in [2.24, 2.45) is 0 Å². The second kappa shape index (κ2) is 7.36. The first-order valence-electron chi connectivity index (χ1n) is 11.0. The van der Waals surface area contributed by atoms with Gasteiger partial charge in [-0.3, -0.25) is 0 Å². The predicted octanol–water partition coefficient (Wildman–Crippen LogP) is 6.55. The zero-order valence-corrected chi connectivity index (χ0v) is 18.2. The summed E-state index contributed by atoms with van der Waals surface area (Å²) < 4.78 is 2.55. The van der Waals surface area contributed by atoms with E-state index in [1.807, 2.05) is 0 Å². The number of fused-ring (bicyclic) bond motifs is 3. The lowest BCUT2D eigenvalue weighted by Crippen LogP contribution is -2.31. The zero-order chi connectivity index (χ0) is 20.7. The second-order valence-corrected chi connectivity index (χ2v) is 9.48. The summed E-state index contributed by atoms with van der Waals surface area (Å²) in [5, 5.41) is 1.42. The van der Waals surface area contributed by atoms with Crippen LogP contribution in [0.3, 0.4) is 0 Å². The van der Waals surface area contributed by atoms with Crippen LogP contribution in [0.4, 0.5) is 5.69 Å². The molecule has 0 unspecified atom stereocenters. The zero-order valence-electron chi connectivity index (χ0n) is 18.2. The molecule has 5 rings (SSSR count). The van der Waals surface area contributed by atoms with Gasteiger partial charge in [-0.05, 0) is 46.7 Å². The van der Waals surface area contributed by atoms with E-state index in [1.165, 1.54) is 39.0 Å². The van der Waals surface area contributed by atoms with Crippen molar-refractivity contribution in [3.8, 4) is 0 Å². The topological polar surface area (TPSA) is 8.17 Å². The third-order valence-electron chi connectivity index (χ3n) is 6.45. The van der Waals surface area contributed by atoms with Gasteiger partial charge in [0.15, 0.2) is 0 Å². The molecule has 0 saturated heterocycles. The van der Waals surface area contributed by atoms with E-state index in [2.05, 4.69) is 109 Å². The summed E-state index contributed by atoms with van der Waals surface area (Å²) >= 11 is 0. The molecule has 1 aliphatic rings. The molecule has 0 spiro atoms. The predicted molar refractivity (Wildman–Crippen MR) is 127 cm³/mol. The van der Waals surface area contributed by atoms with E-state index < -0.39 is 0 Å². The standard InChI is InChI=1S/C28H30N2/c1-28(2,3)22-15-13-21(14-16-22)19-30-26-12-8-7-11-24(26)25-17-18-29(20-27(25)30)23-9-5-4-6-10-23/h4-16H,17-20H2,1-3H3. The number of nitrogens with zero attached hydrogens (tertiary/aromatic N) is 2. The number of benzene rings is 3. The number of hydrogen-bond donors (Lipinski definition) is 0. The van der Waals surface area contributed by atoms with Gasteiger partial charge >= 0.3 is 0 Å². The summed E-state index contributed by atoms with van der Waals surface area (Å²) in [6, 6.07) is 28.9. The fourth-order valence-electron chi connectivity index (χ4n) is 4.73. The molecule has 1 aliphatic heterocycles. The van der Waals surface area contributed by atoms with Gasteiger partial charge in [0.2, 0.25) is 0 Å². The van der Waals surface area contributed by atoms with Gasteiger partial charge in [0.05, 0.1) is 6.54 Å². The van der Waals surface area contributed by atoms with Gasteiger partial charge < -0.3 is 9.47 Å². The molecule has 2 heterocycles. The first-order chi connectivity index (χ1) is 14.5. The van der Waals surface area contributed by atoms with E-state index in [0.717, 1.165) is 26.1 Å². The maximum Gasteiger partial charge on any atom is 0.0585 e. The van der Waals surface area contributed by atoms with E-state index in [9.17, 15) is 0 Å². The van der Waals surface area contributed by atoms with Crippen LogP contribution >= 0.6 is 0 Å². The minimum absolute atomic E-state index is 0.189. The van der Waals surface area contributed by atoms with Crippen LogP contribution in [0.5, 0.6) is 0 Å². The lowest BCUT2D eigenvalue weighted by molar-refractivity contribution is 0.589. The van der Waals surface area contributed by atoms with Crippen LogP contribution in [0, 0.1) is 0 Å². The molecule has 1 aromatic heterocycles. The Morgan fingerprint density at radius 3 is 2.23 bits per heavy atom. The van der Waals surface area contributed by atoms with Gasteiger partial charge in [-0.25, -0.2) is 0 Å². The molecule has 152 valence electrons. The molecule has 0 amide bonds. The fraction of sp³-hybridized carbons (Fsp3) is 0.286. The van der Waals surface area contributed by atoms with Crippen LogP contribution in [0.2, 0.25) is 0 Å². The molecule has 30 heavy (non-hydrogen) atoms. The summed E-state index contributed by atoms with van der Waals surface area (Å²) in [7, 11) is 0. The van der Waals surface area contributed by atoms with Crippen molar-refractivity contribution in [1.29, 1.82) is 0 Å². The van der Waals surface area contributed by atoms with Crippen molar-refractivity contribution in [3.63, 3.8) is 0 Å². The van der Waals surface area contributed by atoms with Crippen molar-refractivity contribution < 1.29 is 0 Å². The van der Waals surface area contributed by atoms with Crippen molar-refractivity contribution >= 4 is 16.6 Å². The summed E-state index contributed by atoms with van der Waals surface area (Å²) in [5.41, 5.74) is 8.61. The Bertz CT molecular complexity index is 1160. The highest BCUT2D eigenvalue weighted by molar-refractivity contribution is 5.86. The molecule has 0 fully saturated rings. The molecule has 0 aliphatic carbocycles. The van der Waals surface area contributed by atoms with Crippen molar-refractivity contribution in [2.45, 2.75) is 45.7 Å². The van der Waals surface area contributed by atoms with Crippen molar-refractivity contribution in [2.75, 3.05) is 11.4 Å². The van der Waals surface area contributed by atoms with Crippen LogP contribution in [-0.4, -0.2) is 11.1 Å². The van der Waals surface area contributed by atoms with E-state index in [-0.39, 0.29) is 5.41 Å². The van der Waals surface area contributed by atoms with Gasteiger partial charge in [-0.15, -0.1) is 0 Å². The van der Waals surface area contributed by atoms with E-state index in [1.54, 1.807) is 0 Å². The summed E-state index contributed by atoms with van der Waals surface area (Å²) in [5.74, 6) is 0. The molecule has 0 atom stereocenters. The highest BCUT2D eigenvalue weighted by Gasteiger charge is 2.24. The summed E-state index contributed by atoms with van der Waals surface area (Å²) in [6.45, 7) is 9.78. The first-order valence-corrected chi connectivity index (χ1v) is 11.0. The quantitative estimate of drug-likeness (QED) is 0.382. The molecule has 0 saturated carbocycles. The molecule has 3 aromatic carbocycles. The van der Waals surface area contributed by atoms with E-state index in [0.29, 0.717) is 0 Å². The Labute approximate surface area is 179 Å². The van der Waals surface area contributed by atoms with E-state index >= 15 is 0 Å². The lowest BCUT2D eigenvalue weighted by Gasteiger charge is -2.30. The minimum atomic E-state index is 0.189. The Balaban J connectivity index is 1.54. The highest BCUT2D eigenvalue weighted by atomic mass is 15.2. The Morgan fingerprint density at radius 2 is 1.50 bits per heavy atom. The molecule has 2 heteroatoms. The number of rotatable bonds is 3. The summed E-state index contributed by atoms with van der Waals surface area (Å²) in [6.07, 6.45) is 1.10. The molecular weight excluding hydrogens is 364 g/mol. The van der Waals surface area contributed by atoms with Gasteiger partial charge in [-0.2, -0.15) is 0 Å². The smallest absolute Gasteiger partial charge is 0.0585 e. The average molecular weight is 395 g/mol. The monoisotopic (exact) mass is 394 g/mol. The third kappa shape index (κ3) is 3.41. The first kappa shape index (κ1) is 19.0. The van der Waals surface area contributed by atoms with Gasteiger partial charge in [-0.1, -0.05) is 81.4 Å². The van der Waals surface area contributed by atoms with E-state index in [4.69, 9.17) is 0 Å². The van der Waals surface area contributed by atoms with Crippen molar-refractivity contribution in [1.82, 2.24) is 4.57 Å². The maximum atomic E-state index is 2.55. The average Bonchev–Trinajstić information content (AvgIpc) is 3.07. The fourth-order valence-corrected chi connectivity index (χ4v) is 4.73. The summed E-state index contributed by atoms with van der Waals surface area (Å²) in [4.78, 5) is 2.51. The molecular formula is C28H30N2. The number of anilines is 1. The number of hydrogen-bond acceptors (Lipinski definition) is 1. The van der Waals surface area contributed by atoms with Crippen LogP contribution < -0.4 is 4.90 Å².